The van der Waals surface area contributed by atoms with E-state index in [1.165, 1.54) is 0 Å². The molecule has 0 bridgehead atoms. The molecule has 2 fully saturated rings. The third-order valence-electron chi connectivity index (χ3n) is 4.01. The van der Waals surface area contributed by atoms with Crippen LogP contribution < -0.4 is 10.6 Å². The Morgan fingerprint density at radius 2 is 1.90 bits per heavy atom. The summed E-state index contributed by atoms with van der Waals surface area (Å²) < 4.78 is 5.46. The van der Waals surface area contributed by atoms with E-state index in [1.54, 1.807) is 0 Å². The van der Waals surface area contributed by atoms with Gasteiger partial charge in [-0.25, -0.2) is 0 Å². The Kier molecular flexibility index (Phi) is 5.40. The second-order valence-corrected chi connectivity index (χ2v) is 6.30. The van der Waals surface area contributed by atoms with Crippen LogP contribution in [-0.4, -0.2) is 37.6 Å². The van der Waals surface area contributed by atoms with Gasteiger partial charge in [-0.15, -0.1) is 0 Å². The van der Waals surface area contributed by atoms with Crippen LogP contribution in [0.4, 0.5) is 0 Å². The van der Waals surface area contributed by atoms with Crippen LogP contribution in [0.1, 0.15) is 39.5 Å². The molecule has 1 aliphatic carbocycles. The summed E-state index contributed by atoms with van der Waals surface area (Å²) in [6, 6.07) is 0. The van der Waals surface area contributed by atoms with Gasteiger partial charge in [-0.3, -0.25) is 9.59 Å². The van der Waals surface area contributed by atoms with Gasteiger partial charge >= 0.3 is 0 Å². The highest BCUT2D eigenvalue weighted by Crippen LogP contribution is 2.38. The van der Waals surface area contributed by atoms with Crippen LogP contribution in [0.5, 0.6) is 0 Å². The number of carbonyl (C=O) groups is 2. The van der Waals surface area contributed by atoms with Crippen molar-refractivity contribution in [1.82, 2.24) is 10.6 Å². The lowest BCUT2D eigenvalue weighted by molar-refractivity contribution is -0.127. The number of rotatable bonds is 7. The Morgan fingerprint density at radius 3 is 2.50 bits per heavy atom. The minimum atomic E-state index is -0.129. The van der Waals surface area contributed by atoms with Gasteiger partial charge in [-0.2, -0.15) is 0 Å². The van der Waals surface area contributed by atoms with Gasteiger partial charge in [0.15, 0.2) is 0 Å². The summed E-state index contributed by atoms with van der Waals surface area (Å²) in [5.41, 5.74) is 0. The molecule has 0 spiro atoms. The van der Waals surface area contributed by atoms with E-state index in [0.29, 0.717) is 25.4 Å². The Labute approximate surface area is 120 Å². The number of nitrogens with one attached hydrogen (secondary N) is 2. The molecule has 2 N–H and O–H groups in total. The van der Waals surface area contributed by atoms with E-state index < -0.39 is 0 Å². The average Bonchev–Trinajstić information content (AvgIpc) is 3.04. The van der Waals surface area contributed by atoms with Crippen molar-refractivity contribution >= 4 is 11.8 Å². The molecule has 0 aromatic heterocycles. The topological polar surface area (TPSA) is 67.4 Å². The molecule has 5 heteroatoms. The average molecular weight is 282 g/mol. The zero-order valence-corrected chi connectivity index (χ0v) is 12.5. The maximum absolute atomic E-state index is 11.9. The molecule has 114 valence electrons. The third kappa shape index (κ3) is 4.47. The first-order chi connectivity index (χ1) is 9.58. The van der Waals surface area contributed by atoms with Gasteiger partial charge < -0.3 is 15.4 Å². The summed E-state index contributed by atoms with van der Waals surface area (Å²) in [7, 11) is 0. The Hall–Kier alpha value is -1.10. The van der Waals surface area contributed by atoms with Crippen molar-refractivity contribution < 1.29 is 14.3 Å². The summed E-state index contributed by atoms with van der Waals surface area (Å²) in [5.74, 6) is 0.370. The predicted octanol–water partition coefficient (Wildman–Crippen LogP) is 1.08. The molecule has 2 amide bonds. The third-order valence-corrected chi connectivity index (χ3v) is 4.01. The van der Waals surface area contributed by atoms with Gasteiger partial charge in [0.2, 0.25) is 11.8 Å². The van der Waals surface area contributed by atoms with Crippen LogP contribution in [0.2, 0.25) is 0 Å². The second kappa shape index (κ2) is 7.07. The largest absolute Gasteiger partial charge is 0.376 e. The highest BCUT2D eigenvalue weighted by molar-refractivity contribution is 5.92. The normalized spacial score (nSPS) is 28.4. The van der Waals surface area contributed by atoms with E-state index in [1.807, 2.05) is 0 Å². The number of hydrogen-bond acceptors (Lipinski definition) is 3. The summed E-state index contributed by atoms with van der Waals surface area (Å²) >= 11 is 0. The molecular formula is C15H26N2O3. The van der Waals surface area contributed by atoms with Gasteiger partial charge in [0.1, 0.15) is 0 Å². The Bertz CT molecular complexity index is 351. The lowest BCUT2D eigenvalue weighted by Crippen LogP contribution is -2.34. The number of ether oxygens (including phenoxy) is 1. The van der Waals surface area contributed by atoms with E-state index in [2.05, 4.69) is 24.5 Å². The van der Waals surface area contributed by atoms with E-state index in [-0.39, 0.29) is 29.8 Å². The molecule has 2 rings (SSSR count). The van der Waals surface area contributed by atoms with Gasteiger partial charge in [0.25, 0.3) is 0 Å². The summed E-state index contributed by atoms with van der Waals surface area (Å²) in [4.78, 5) is 23.8. The van der Waals surface area contributed by atoms with E-state index in [9.17, 15) is 9.59 Å². The molecular weight excluding hydrogens is 256 g/mol. The van der Waals surface area contributed by atoms with Gasteiger partial charge in [0, 0.05) is 19.7 Å². The van der Waals surface area contributed by atoms with Crippen molar-refractivity contribution in [2.45, 2.75) is 45.6 Å². The Morgan fingerprint density at radius 1 is 1.20 bits per heavy atom. The lowest BCUT2D eigenvalue weighted by atomic mass is 10.1. The number of hydrogen-bond donors (Lipinski definition) is 2. The van der Waals surface area contributed by atoms with Crippen LogP contribution in [0, 0.1) is 17.8 Å². The first kappa shape index (κ1) is 15.3. The monoisotopic (exact) mass is 282 g/mol. The summed E-state index contributed by atoms with van der Waals surface area (Å²) in [6.07, 6.45) is 3.92. The Balaban J connectivity index is 1.60. The van der Waals surface area contributed by atoms with Crippen molar-refractivity contribution in [3.8, 4) is 0 Å². The van der Waals surface area contributed by atoms with Crippen molar-refractivity contribution in [3.05, 3.63) is 0 Å². The minimum Gasteiger partial charge on any atom is -0.376 e. The summed E-state index contributed by atoms with van der Waals surface area (Å²) in [5, 5.41) is 5.82. The maximum Gasteiger partial charge on any atom is 0.224 e. The molecule has 0 radical (unpaired) electrons. The van der Waals surface area contributed by atoms with Crippen molar-refractivity contribution in [3.63, 3.8) is 0 Å². The molecule has 0 aromatic rings. The second-order valence-electron chi connectivity index (χ2n) is 6.30. The maximum atomic E-state index is 11.9. The smallest absolute Gasteiger partial charge is 0.224 e. The van der Waals surface area contributed by atoms with Crippen LogP contribution in [0.15, 0.2) is 0 Å². The van der Waals surface area contributed by atoms with E-state index in [0.717, 1.165) is 25.9 Å². The molecule has 5 nitrogen and oxygen atoms in total. The van der Waals surface area contributed by atoms with E-state index in [4.69, 9.17) is 4.74 Å². The molecule has 2 aliphatic rings. The zero-order chi connectivity index (χ0) is 14.5. The van der Waals surface area contributed by atoms with Crippen molar-refractivity contribution in [2.24, 2.45) is 17.8 Å². The molecule has 1 saturated heterocycles. The fourth-order valence-electron chi connectivity index (χ4n) is 2.54. The predicted molar refractivity (Wildman–Crippen MR) is 76.0 cm³/mol. The SMILES string of the molecule is CC(C)CCNC(=O)C1CC1C(=O)NCC1CCCO1. The molecule has 1 heterocycles. The zero-order valence-electron chi connectivity index (χ0n) is 12.5. The van der Waals surface area contributed by atoms with E-state index >= 15 is 0 Å². The fraction of sp³-hybridized carbons (Fsp3) is 0.867. The molecule has 20 heavy (non-hydrogen) atoms. The highest BCUT2D eigenvalue weighted by atomic mass is 16.5. The van der Waals surface area contributed by atoms with Crippen molar-refractivity contribution in [2.75, 3.05) is 19.7 Å². The standard InChI is InChI=1S/C15H26N2O3/c1-10(2)5-6-16-14(18)12-8-13(12)15(19)17-9-11-4-3-7-20-11/h10-13H,3-9H2,1-2H3,(H,16,18)(H,17,19). The quantitative estimate of drug-likeness (QED) is 0.734. The lowest BCUT2D eigenvalue weighted by Gasteiger charge is -2.10. The fourth-order valence-corrected chi connectivity index (χ4v) is 2.54. The van der Waals surface area contributed by atoms with Crippen molar-refractivity contribution in [1.29, 1.82) is 0 Å². The van der Waals surface area contributed by atoms with Gasteiger partial charge in [0.05, 0.1) is 17.9 Å². The van der Waals surface area contributed by atoms with Crippen LogP contribution in [0.25, 0.3) is 0 Å². The molecule has 3 unspecified atom stereocenters. The molecule has 3 atom stereocenters. The number of carbonyl (C=O) groups excluding carboxylic acids is 2. The first-order valence-corrected chi connectivity index (χ1v) is 7.75. The van der Waals surface area contributed by atoms with Gasteiger partial charge in [-0.1, -0.05) is 13.8 Å². The minimum absolute atomic E-state index is 0.00418. The van der Waals surface area contributed by atoms with Crippen LogP contribution >= 0.6 is 0 Å². The van der Waals surface area contributed by atoms with Crippen LogP contribution in [0.3, 0.4) is 0 Å². The molecule has 1 aliphatic heterocycles. The van der Waals surface area contributed by atoms with Gasteiger partial charge in [-0.05, 0) is 31.6 Å². The van der Waals surface area contributed by atoms with Crippen LogP contribution in [-0.2, 0) is 14.3 Å². The summed E-state index contributed by atoms with van der Waals surface area (Å²) in [6.45, 7) is 6.34. The first-order valence-electron chi connectivity index (χ1n) is 7.75. The molecule has 0 aromatic carbocycles. The number of amides is 2. The molecule has 1 saturated carbocycles. The highest BCUT2D eigenvalue weighted by Gasteiger charge is 2.47.